The van der Waals surface area contributed by atoms with Gasteiger partial charge in [0.2, 0.25) is 11.8 Å². The third-order valence-electron chi connectivity index (χ3n) is 4.33. The summed E-state index contributed by atoms with van der Waals surface area (Å²) in [5.74, 6) is -0.757. The van der Waals surface area contributed by atoms with E-state index in [4.69, 9.17) is 0 Å². The molecular formula is C21H21N3O2. The third kappa shape index (κ3) is 3.57. The Kier molecular flexibility index (Phi) is 4.71. The summed E-state index contributed by atoms with van der Waals surface area (Å²) in [6.45, 7) is 5.18. The van der Waals surface area contributed by atoms with Crippen LogP contribution in [0, 0.1) is 12.3 Å². The number of carbonyl (C=O) groups is 2. The van der Waals surface area contributed by atoms with Crippen LogP contribution in [0.25, 0.3) is 10.9 Å². The van der Waals surface area contributed by atoms with Crippen molar-refractivity contribution >= 4 is 34.1 Å². The molecule has 1 heterocycles. The number of hydrogen-bond acceptors (Lipinski definition) is 3. The molecule has 0 aliphatic heterocycles. The molecule has 26 heavy (non-hydrogen) atoms. The molecule has 1 aromatic heterocycles. The van der Waals surface area contributed by atoms with Crippen molar-refractivity contribution in [3.63, 3.8) is 0 Å². The Morgan fingerprint density at radius 2 is 1.54 bits per heavy atom. The second-order valence-corrected chi connectivity index (χ2v) is 6.78. The van der Waals surface area contributed by atoms with Gasteiger partial charge in [-0.3, -0.25) is 14.6 Å². The lowest BCUT2D eigenvalue weighted by Gasteiger charge is -2.23. The molecule has 0 saturated heterocycles. The zero-order valence-electron chi connectivity index (χ0n) is 15.0. The van der Waals surface area contributed by atoms with E-state index in [0.717, 1.165) is 10.9 Å². The summed E-state index contributed by atoms with van der Waals surface area (Å²) in [6, 6.07) is 16.8. The number of anilines is 2. The second-order valence-electron chi connectivity index (χ2n) is 6.78. The maximum Gasteiger partial charge on any atom is 0.239 e. The van der Waals surface area contributed by atoms with Gasteiger partial charge >= 0.3 is 0 Å². The minimum Gasteiger partial charge on any atom is -0.325 e. The molecule has 0 unspecified atom stereocenters. The molecule has 3 rings (SSSR count). The SMILES string of the molecule is Cc1ccc(NC(=O)C(C)(C)C(=O)Nc2cccc3cccnc23)cc1. The molecule has 0 atom stereocenters. The van der Waals surface area contributed by atoms with Crippen LogP contribution < -0.4 is 10.6 Å². The fourth-order valence-electron chi connectivity index (χ4n) is 2.51. The predicted molar refractivity (Wildman–Crippen MR) is 104 cm³/mol. The molecule has 0 spiro atoms. The number of aromatic nitrogens is 1. The van der Waals surface area contributed by atoms with Crippen molar-refractivity contribution in [1.29, 1.82) is 0 Å². The smallest absolute Gasteiger partial charge is 0.239 e. The van der Waals surface area contributed by atoms with Crippen LogP contribution in [0.3, 0.4) is 0 Å². The number of aryl methyl sites for hydroxylation is 1. The van der Waals surface area contributed by atoms with Crippen LogP contribution in [0.2, 0.25) is 0 Å². The molecule has 0 radical (unpaired) electrons. The minimum absolute atomic E-state index is 0.368. The van der Waals surface area contributed by atoms with E-state index in [9.17, 15) is 9.59 Å². The number of pyridine rings is 1. The van der Waals surface area contributed by atoms with Crippen LogP contribution in [0.4, 0.5) is 11.4 Å². The van der Waals surface area contributed by atoms with Crippen molar-refractivity contribution < 1.29 is 9.59 Å². The molecule has 2 amide bonds. The van der Waals surface area contributed by atoms with E-state index in [1.165, 1.54) is 0 Å². The summed E-state index contributed by atoms with van der Waals surface area (Å²) in [5.41, 5.74) is 1.79. The molecule has 2 N–H and O–H groups in total. The molecule has 0 bridgehead atoms. The first-order valence-corrected chi connectivity index (χ1v) is 8.41. The van der Waals surface area contributed by atoms with Gasteiger partial charge in [-0.15, -0.1) is 0 Å². The first-order valence-electron chi connectivity index (χ1n) is 8.41. The molecule has 5 nitrogen and oxygen atoms in total. The number of benzene rings is 2. The number of fused-ring (bicyclic) bond motifs is 1. The lowest BCUT2D eigenvalue weighted by atomic mass is 9.90. The fraction of sp³-hybridized carbons (Fsp3) is 0.190. The first kappa shape index (κ1) is 17.6. The van der Waals surface area contributed by atoms with Gasteiger partial charge in [-0.25, -0.2) is 0 Å². The van der Waals surface area contributed by atoms with Gasteiger partial charge in [-0.2, -0.15) is 0 Å². The summed E-state index contributed by atoms with van der Waals surface area (Å²) >= 11 is 0. The molecule has 3 aromatic rings. The van der Waals surface area contributed by atoms with Gasteiger partial charge in [-0.05, 0) is 45.0 Å². The van der Waals surface area contributed by atoms with E-state index in [2.05, 4.69) is 15.6 Å². The summed E-state index contributed by atoms with van der Waals surface area (Å²) in [6.07, 6.45) is 1.67. The van der Waals surface area contributed by atoms with Gasteiger partial charge in [0.15, 0.2) is 0 Å². The Balaban J connectivity index is 1.78. The van der Waals surface area contributed by atoms with Gasteiger partial charge in [0, 0.05) is 17.3 Å². The predicted octanol–water partition coefficient (Wildman–Crippen LogP) is 4.15. The zero-order valence-corrected chi connectivity index (χ0v) is 15.0. The van der Waals surface area contributed by atoms with Gasteiger partial charge in [0.25, 0.3) is 0 Å². The number of rotatable bonds is 4. The normalized spacial score (nSPS) is 11.2. The number of amides is 2. The molecule has 0 aliphatic carbocycles. The van der Waals surface area contributed by atoms with Crippen LogP contribution in [0.15, 0.2) is 60.8 Å². The largest absolute Gasteiger partial charge is 0.325 e. The van der Waals surface area contributed by atoms with Gasteiger partial charge < -0.3 is 10.6 Å². The molecule has 132 valence electrons. The number of nitrogens with zero attached hydrogens (tertiary/aromatic N) is 1. The van der Waals surface area contributed by atoms with E-state index in [-0.39, 0.29) is 11.8 Å². The van der Waals surface area contributed by atoms with Crippen LogP contribution in [0.1, 0.15) is 19.4 Å². The highest BCUT2D eigenvalue weighted by atomic mass is 16.2. The number of hydrogen-bond donors (Lipinski definition) is 2. The minimum atomic E-state index is -1.25. The standard InChI is InChI=1S/C21H21N3O2/c1-14-9-11-16(12-10-14)23-19(25)21(2,3)20(26)24-17-8-4-6-15-7-5-13-22-18(15)17/h4-13H,1-3H3,(H,23,25)(H,24,26). The van der Waals surface area contributed by atoms with E-state index in [0.29, 0.717) is 16.9 Å². The highest BCUT2D eigenvalue weighted by molar-refractivity contribution is 6.15. The van der Waals surface area contributed by atoms with Gasteiger partial charge in [-0.1, -0.05) is 35.9 Å². The number of carbonyl (C=O) groups excluding carboxylic acids is 2. The Morgan fingerprint density at radius 3 is 2.27 bits per heavy atom. The highest BCUT2D eigenvalue weighted by Gasteiger charge is 2.36. The second kappa shape index (κ2) is 6.96. The van der Waals surface area contributed by atoms with Crippen molar-refractivity contribution in [3.8, 4) is 0 Å². The zero-order chi connectivity index (χ0) is 18.7. The summed E-state index contributed by atoms with van der Waals surface area (Å²) in [7, 11) is 0. The highest BCUT2D eigenvalue weighted by Crippen LogP contribution is 2.25. The van der Waals surface area contributed by atoms with Gasteiger partial charge in [0.1, 0.15) is 5.41 Å². The third-order valence-corrected chi connectivity index (χ3v) is 4.33. The van der Waals surface area contributed by atoms with Crippen molar-refractivity contribution in [1.82, 2.24) is 4.98 Å². The lowest BCUT2D eigenvalue weighted by molar-refractivity contribution is -0.135. The van der Waals surface area contributed by atoms with E-state index < -0.39 is 5.41 Å². The molecule has 0 saturated carbocycles. The summed E-state index contributed by atoms with van der Waals surface area (Å²) in [4.78, 5) is 29.7. The average Bonchev–Trinajstić information content (AvgIpc) is 2.63. The Morgan fingerprint density at radius 1 is 0.885 bits per heavy atom. The topological polar surface area (TPSA) is 71.1 Å². The lowest BCUT2D eigenvalue weighted by Crippen LogP contribution is -2.41. The van der Waals surface area contributed by atoms with Gasteiger partial charge in [0.05, 0.1) is 11.2 Å². The van der Waals surface area contributed by atoms with Crippen LogP contribution in [-0.4, -0.2) is 16.8 Å². The van der Waals surface area contributed by atoms with Crippen LogP contribution in [-0.2, 0) is 9.59 Å². The number of nitrogens with one attached hydrogen (secondary N) is 2. The Labute approximate surface area is 152 Å². The summed E-state index contributed by atoms with van der Waals surface area (Å²) < 4.78 is 0. The first-order chi connectivity index (χ1) is 12.4. The van der Waals surface area contributed by atoms with E-state index >= 15 is 0 Å². The van der Waals surface area contributed by atoms with Crippen LogP contribution >= 0.6 is 0 Å². The quantitative estimate of drug-likeness (QED) is 0.697. The molecule has 2 aromatic carbocycles. The van der Waals surface area contributed by atoms with E-state index in [1.54, 1.807) is 26.1 Å². The molecule has 5 heteroatoms. The van der Waals surface area contributed by atoms with Crippen molar-refractivity contribution in [3.05, 3.63) is 66.4 Å². The number of para-hydroxylation sites is 1. The maximum atomic E-state index is 12.8. The fourth-order valence-corrected chi connectivity index (χ4v) is 2.51. The molecule has 0 fully saturated rings. The van der Waals surface area contributed by atoms with Crippen molar-refractivity contribution in [2.45, 2.75) is 20.8 Å². The molecule has 0 aliphatic rings. The van der Waals surface area contributed by atoms with E-state index in [1.807, 2.05) is 55.5 Å². The van der Waals surface area contributed by atoms with Crippen molar-refractivity contribution in [2.75, 3.05) is 10.6 Å². The Bertz CT molecular complexity index is 957. The summed E-state index contributed by atoms with van der Waals surface area (Å²) in [5, 5.41) is 6.56. The monoisotopic (exact) mass is 347 g/mol. The maximum absolute atomic E-state index is 12.8. The van der Waals surface area contributed by atoms with Crippen molar-refractivity contribution in [2.24, 2.45) is 5.41 Å². The molecular weight excluding hydrogens is 326 g/mol. The average molecular weight is 347 g/mol. The Hall–Kier alpha value is -3.21. The van der Waals surface area contributed by atoms with Crippen LogP contribution in [0.5, 0.6) is 0 Å².